The molecule has 1 amide bonds. The molecule has 7 nitrogen and oxygen atoms in total. The lowest BCUT2D eigenvalue weighted by atomic mass is 9.97. The maximum Gasteiger partial charge on any atom is 0.272 e. The number of ether oxygens (including phenoxy) is 1. The lowest BCUT2D eigenvalue weighted by molar-refractivity contribution is 0.0652. The summed E-state index contributed by atoms with van der Waals surface area (Å²) in [5.74, 6) is -0.0518. The van der Waals surface area contributed by atoms with Gasteiger partial charge < -0.3 is 9.64 Å². The van der Waals surface area contributed by atoms with E-state index in [-0.39, 0.29) is 17.9 Å². The van der Waals surface area contributed by atoms with Gasteiger partial charge in [0, 0.05) is 31.2 Å². The minimum atomic E-state index is -3.21. The van der Waals surface area contributed by atoms with Crippen molar-refractivity contribution in [2.45, 2.75) is 19.4 Å². The molecule has 0 radical (unpaired) electrons. The van der Waals surface area contributed by atoms with Gasteiger partial charge in [0.1, 0.15) is 5.69 Å². The summed E-state index contributed by atoms with van der Waals surface area (Å²) in [5.41, 5.74) is 0.411. The van der Waals surface area contributed by atoms with Crippen molar-refractivity contribution in [3.05, 3.63) is 30.1 Å². The van der Waals surface area contributed by atoms with Gasteiger partial charge in [-0.2, -0.15) is 0 Å². The van der Waals surface area contributed by atoms with Gasteiger partial charge in [0.2, 0.25) is 10.0 Å². The molecule has 0 spiro atoms. The van der Waals surface area contributed by atoms with Crippen LogP contribution in [-0.4, -0.2) is 62.8 Å². The quantitative estimate of drug-likeness (QED) is 0.842. The second kappa shape index (κ2) is 7.85. The number of pyridine rings is 1. The largest absolute Gasteiger partial charge is 0.379 e. The summed E-state index contributed by atoms with van der Waals surface area (Å²) in [5, 5.41) is 0. The first-order chi connectivity index (χ1) is 10.9. The Labute approximate surface area is 137 Å². The molecule has 1 N–H and O–H groups in total. The predicted molar refractivity (Wildman–Crippen MR) is 86.5 cm³/mol. The molecule has 2 rings (SSSR count). The summed E-state index contributed by atoms with van der Waals surface area (Å²) in [6.45, 7) is 3.80. The van der Waals surface area contributed by atoms with E-state index in [0.717, 1.165) is 6.26 Å². The molecule has 8 heteroatoms. The summed E-state index contributed by atoms with van der Waals surface area (Å²) in [6, 6.07) is 5.20. The molecule has 128 valence electrons. The summed E-state index contributed by atoms with van der Waals surface area (Å²) in [7, 11) is -3.21. The fourth-order valence-corrected chi connectivity index (χ4v) is 3.16. The SMILES string of the molecule is C[C@H]1[C@H](CCNS(C)(=O)=O)COCCN1C(=O)c1ccccn1. The second-order valence-corrected chi connectivity index (χ2v) is 7.58. The molecule has 23 heavy (non-hydrogen) atoms. The Bertz CT molecular complexity index is 621. The number of nitrogens with zero attached hydrogens (tertiary/aromatic N) is 2. The molecule has 1 aromatic rings. The van der Waals surface area contributed by atoms with Crippen molar-refractivity contribution in [2.75, 3.05) is 32.6 Å². The average Bonchev–Trinajstić information content (AvgIpc) is 2.69. The fourth-order valence-electron chi connectivity index (χ4n) is 2.67. The topological polar surface area (TPSA) is 88.6 Å². The summed E-state index contributed by atoms with van der Waals surface area (Å²) < 4.78 is 30.4. The van der Waals surface area contributed by atoms with Gasteiger partial charge in [-0.05, 0) is 25.5 Å². The van der Waals surface area contributed by atoms with Crippen LogP contribution in [0.4, 0.5) is 0 Å². The normalized spacial score (nSPS) is 22.6. The molecule has 0 aliphatic carbocycles. The van der Waals surface area contributed by atoms with Crippen molar-refractivity contribution >= 4 is 15.9 Å². The highest BCUT2D eigenvalue weighted by atomic mass is 32.2. The van der Waals surface area contributed by atoms with Crippen LogP contribution in [0.2, 0.25) is 0 Å². The van der Waals surface area contributed by atoms with Crippen LogP contribution in [0.15, 0.2) is 24.4 Å². The second-order valence-electron chi connectivity index (χ2n) is 5.74. The van der Waals surface area contributed by atoms with Crippen LogP contribution in [0, 0.1) is 5.92 Å². The van der Waals surface area contributed by atoms with Crippen LogP contribution >= 0.6 is 0 Å². The van der Waals surface area contributed by atoms with Gasteiger partial charge in [-0.25, -0.2) is 13.1 Å². The zero-order chi connectivity index (χ0) is 16.9. The van der Waals surface area contributed by atoms with E-state index in [1.54, 1.807) is 29.3 Å². The first-order valence-electron chi connectivity index (χ1n) is 7.63. The third-order valence-corrected chi connectivity index (χ3v) is 4.74. The van der Waals surface area contributed by atoms with Gasteiger partial charge in [-0.15, -0.1) is 0 Å². The zero-order valence-electron chi connectivity index (χ0n) is 13.4. The number of hydrogen-bond donors (Lipinski definition) is 1. The van der Waals surface area contributed by atoms with E-state index in [1.165, 1.54) is 0 Å². The van der Waals surface area contributed by atoms with E-state index in [9.17, 15) is 13.2 Å². The molecular weight excluding hydrogens is 318 g/mol. The number of nitrogens with one attached hydrogen (secondary N) is 1. The Kier molecular flexibility index (Phi) is 6.09. The summed E-state index contributed by atoms with van der Waals surface area (Å²) in [4.78, 5) is 18.5. The van der Waals surface area contributed by atoms with Crippen LogP contribution in [0.25, 0.3) is 0 Å². The molecule has 1 aliphatic heterocycles. The number of rotatable bonds is 5. The molecule has 0 saturated carbocycles. The Morgan fingerprint density at radius 3 is 2.91 bits per heavy atom. The van der Waals surface area contributed by atoms with Gasteiger partial charge >= 0.3 is 0 Å². The molecule has 0 aromatic carbocycles. The average molecular weight is 341 g/mol. The molecule has 0 bridgehead atoms. The van der Waals surface area contributed by atoms with Crippen molar-refractivity contribution in [3.63, 3.8) is 0 Å². The Hall–Kier alpha value is -1.51. The summed E-state index contributed by atoms with van der Waals surface area (Å²) >= 11 is 0. The smallest absolute Gasteiger partial charge is 0.272 e. The molecule has 0 unspecified atom stereocenters. The highest BCUT2D eigenvalue weighted by molar-refractivity contribution is 7.88. The zero-order valence-corrected chi connectivity index (χ0v) is 14.3. The first kappa shape index (κ1) is 17.8. The number of aromatic nitrogens is 1. The highest BCUT2D eigenvalue weighted by Crippen LogP contribution is 2.20. The summed E-state index contributed by atoms with van der Waals surface area (Å²) in [6.07, 6.45) is 3.34. The lowest BCUT2D eigenvalue weighted by Gasteiger charge is -2.31. The van der Waals surface area contributed by atoms with Crippen molar-refractivity contribution in [1.82, 2.24) is 14.6 Å². The predicted octanol–water partition coefficient (Wildman–Crippen LogP) is 0.498. The number of carbonyl (C=O) groups is 1. The Morgan fingerprint density at radius 1 is 1.48 bits per heavy atom. The first-order valence-corrected chi connectivity index (χ1v) is 9.52. The van der Waals surface area contributed by atoms with Crippen molar-refractivity contribution in [1.29, 1.82) is 0 Å². The van der Waals surface area contributed by atoms with E-state index in [2.05, 4.69) is 9.71 Å². The van der Waals surface area contributed by atoms with E-state index in [0.29, 0.717) is 38.4 Å². The third-order valence-electron chi connectivity index (χ3n) is 4.01. The van der Waals surface area contributed by atoms with Gasteiger partial charge in [0.25, 0.3) is 5.91 Å². The Balaban J connectivity index is 2.04. The standard InChI is InChI=1S/C15H23N3O4S/c1-12-13(6-8-17-23(2,20)21)11-22-10-9-18(12)15(19)14-5-3-4-7-16-14/h3-5,7,12-13,17H,6,8-11H2,1-2H3/t12-,13+/m0/s1. The van der Waals surface area contributed by atoms with Crippen molar-refractivity contribution in [2.24, 2.45) is 5.92 Å². The third kappa shape index (κ3) is 5.26. The van der Waals surface area contributed by atoms with Crippen LogP contribution in [0.5, 0.6) is 0 Å². The van der Waals surface area contributed by atoms with Crippen LogP contribution in [0.1, 0.15) is 23.8 Å². The van der Waals surface area contributed by atoms with Crippen LogP contribution < -0.4 is 4.72 Å². The monoisotopic (exact) mass is 341 g/mol. The minimum absolute atomic E-state index is 0.0478. The number of carbonyl (C=O) groups excluding carboxylic acids is 1. The van der Waals surface area contributed by atoms with E-state index in [4.69, 9.17) is 4.74 Å². The van der Waals surface area contributed by atoms with E-state index < -0.39 is 10.0 Å². The van der Waals surface area contributed by atoms with Gasteiger partial charge in [-0.3, -0.25) is 9.78 Å². The maximum atomic E-state index is 12.6. The molecular formula is C15H23N3O4S. The number of amides is 1. The molecule has 1 aromatic heterocycles. The molecule has 1 fully saturated rings. The van der Waals surface area contributed by atoms with Crippen molar-refractivity contribution < 1.29 is 17.9 Å². The number of hydrogen-bond acceptors (Lipinski definition) is 5. The fraction of sp³-hybridized carbons (Fsp3) is 0.600. The van der Waals surface area contributed by atoms with E-state index >= 15 is 0 Å². The van der Waals surface area contributed by atoms with Gasteiger partial charge in [0.05, 0.1) is 19.5 Å². The maximum absolute atomic E-state index is 12.6. The minimum Gasteiger partial charge on any atom is -0.379 e. The van der Waals surface area contributed by atoms with Gasteiger partial charge in [-0.1, -0.05) is 6.07 Å². The highest BCUT2D eigenvalue weighted by Gasteiger charge is 2.30. The number of sulfonamides is 1. The molecule has 2 heterocycles. The molecule has 1 saturated heterocycles. The van der Waals surface area contributed by atoms with Gasteiger partial charge in [0.15, 0.2) is 0 Å². The molecule has 2 atom stereocenters. The van der Waals surface area contributed by atoms with Crippen LogP contribution in [0.3, 0.4) is 0 Å². The lowest BCUT2D eigenvalue weighted by Crippen LogP contribution is -2.44. The van der Waals surface area contributed by atoms with E-state index in [1.807, 2.05) is 6.92 Å². The van der Waals surface area contributed by atoms with Crippen molar-refractivity contribution in [3.8, 4) is 0 Å². The van der Waals surface area contributed by atoms with Crippen LogP contribution in [-0.2, 0) is 14.8 Å². The molecule has 1 aliphatic rings. The Morgan fingerprint density at radius 2 is 2.26 bits per heavy atom.